The van der Waals surface area contributed by atoms with Gasteiger partial charge in [0.25, 0.3) is 0 Å². The monoisotopic (exact) mass is 403 g/mol. The second-order valence-corrected chi connectivity index (χ2v) is 10.0. The van der Waals surface area contributed by atoms with Crippen LogP contribution in [-0.2, 0) is 9.59 Å². The fourth-order valence-electron chi connectivity index (χ4n) is 5.01. The molecule has 0 atom stereocenters. The summed E-state index contributed by atoms with van der Waals surface area (Å²) in [5.41, 5.74) is 0.668. The van der Waals surface area contributed by atoms with Gasteiger partial charge in [-0.15, -0.1) is 0 Å². The lowest BCUT2D eigenvalue weighted by Gasteiger charge is -2.44. The van der Waals surface area contributed by atoms with E-state index in [4.69, 9.17) is 0 Å². The first-order valence-electron chi connectivity index (χ1n) is 9.82. The minimum atomic E-state index is -1.14. The van der Waals surface area contributed by atoms with Crippen LogP contribution in [0.4, 0.5) is 13.2 Å². The lowest BCUT2D eigenvalue weighted by Crippen LogP contribution is -2.42. The van der Waals surface area contributed by atoms with Gasteiger partial charge in [0.2, 0.25) is 0 Å². The van der Waals surface area contributed by atoms with Crippen LogP contribution in [0.2, 0.25) is 0 Å². The van der Waals surface area contributed by atoms with Crippen LogP contribution >= 0.6 is 0 Å². The molecule has 154 valence electrons. The van der Waals surface area contributed by atoms with Crippen LogP contribution in [0.3, 0.4) is 0 Å². The van der Waals surface area contributed by atoms with Gasteiger partial charge in [-0.3, -0.25) is 9.59 Å². The lowest BCUT2D eigenvalue weighted by molar-refractivity contribution is -0.119. The van der Waals surface area contributed by atoms with Crippen LogP contribution in [0, 0.1) is 28.3 Å². The largest absolute Gasteiger partial charge is 0.362 e. The van der Waals surface area contributed by atoms with E-state index in [9.17, 15) is 22.8 Å². The van der Waals surface area contributed by atoms with E-state index >= 15 is 0 Å². The molecule has 0 radical (unpaired) electrons. The summed E-state index contributed by atoms with van der Waals surface area (Å²) in [6, 6.07) is 1.21. The zero-order valence-electron chi connectivity index (χ0n) is 17.0. The third-order valence-electron chi connectivity index (χ3n) is 6.05. The molecule has 29 heavy (non-hydrogen) atoms. The van der Waals surface area contributed by atoms with Crippen molar-refractivity contribution in [3.8, 4) is 0 Å². The first-order chi connectivity index (χ1) is 13.4. The zero-order chi connectivity index (χ0) is 21.3. The van der Waals surface area contributed by atoms with Crippen molar-refractivity contribution in [3.63, 3.8) is 0 Å². The second kappa shape index (κ2) is 6.31. The van der Waals surface area contributed by atoms with Gasteiger partial charge < -0.3 is 5.32 Å². The Balaban J connectivity index is 1.98. The topological polar surface area (TPSA) is 46.2 Å². The molecule has 0 amide bonds. The highest BCUT2D eigenvalue weighted by Crippen LogP contribution is 2.51. The Morgan fingerprint density at radius 3 is 1.62 bits per heavy atom. The number of hydrogen-bond acceptors (Lipinski definition) is 3. The van der Waals surface area contributed by atoms with Crippen molar-refractivity contribution < 1.29 is 22.8 Å². The zero-order valence-corrected chi connectivity index (χ0v) is 17.0. The summed E-state index contributed by atoms with van der Waals surface area (Å²) in [5.74, 6) is -4.81. The van der Waals surface area contributed by atoms with Crippen molar-refractivity contribution in [1.82, 2.24) is 5.32 Å². The predicted octanol–water partition coefficient (Wildman–Crippen LogP) is 5.08. The average molecular weight is 403 g/mol. The number of halogens is 3. The molecule has 0 aromatic heterocycles. The minimum Gasteiger partial charge on any atom is -0.362 e. The Hall–Kier alpha value is -2.37. The van der Waals surface area contributed by atoms with Crippen molar-refractivity contribution in [1.29, 1.82) is 0 Å². The molecular weight excluding hydrogens is 379 g/mol. The molecule has 0 spiro atoms. The summed E-state index contributed by atoms with van der Waals surface area (Å²) in [6.07, 6.45) is 1.49. The van der Waals surface area contributed by atoms with E-state index in [-0.39, 0.29) is 46.4 Å². The predicted molar refractivity (Wildman–Crippen MR) is 102 cm³/mol. The number of hydrogen-bond donors (Lipinski definition) is 1. The molecule has 0 bridgehead atoms. The average Bonchev–Trinajstić information content (AvgIpc) is 2.49. The Bertz CT molecular complexity index is 942. The van der Waals surface area contributed by atoms with Crippen molar-refractivity contribution in [2.45, 2.75) is 59.3 Å². The summed E-state index contributed by atoms with van der Waals surface area (Å²) < 4.78 is 43.2. The van der Waals surface area contributed by atoms with Gasteiger partial charge in [-0.2, -0.15) is 0 Å². The Labute approximate surface area is 168 Å². The van der Waals surface area contributed by atoms with Gasteiger partial charge in [0.1, 0.15) is 17.5 Å². The number of ketones is 2. The molecule has 0 saturated heterocycles. The number of carbonyl (C=O) groups is 2. The number of benzene rings is 1. The number of allylic oxidation sites excluding steroid dienone is 4. The molecule has 1 N–H and O–H groups in total. The lowest BCUT2D eigenvalue weighted by atomic mass is 9.64. The molecule has 1 aromatic carbocycles. The number of nitrogens with one attached hydrogen (secondary N) is 1. The molecule has 1 aliphatic heterocycles. The maximum Gasteiger partial charge on any atom is 0.162 e. The summed E-state index contributed by atoms with van der Waals surface area (Å²) in [5, 5.41) is 3.28. The molecule has 1 aromatic rings. The number of rotatable bonds is 1. The van der Waals surface area contributed by atoms with Gasteiger partial charge in [-0.05, 0) is 23.7 Å². The summed E-state index contributed by atoms with van der Waals surface area (Å²) in [4.78, 5) is 26.2. The van der Waals surface area contributed by atoms with Crippen LogP contribution in [0.5, 0.6) is 0 Å². The molecule has 3 aliphatic rings. The SMILES string of the molecule is CC1(C)CC(=O)C2=C(C1)NC1=C(C(=O)CC(C)(C)C1)C2c1c(F)cc(F)cc1F. The van der Waals surface area contributed by atoms with E-state index in [0.29, 0.717) is 36.4 Å². The highest BCUT2D eigenvalue weighted by Gasteiger charge is 2.47. The van der Waals surface area contributed by atoms with Gasteiger partial charge >= 0.3 is 0 Å². The highest BCUT2D eigenvalue weighted by molar-refractivity contribution is 6.06. The molecule has 2 aliphatic carbocycles. The van der Waals surface area contributed by atoms with E-state index < -0.39 is 28.9 Å². The van der Waals surface area contributed by atoms with Gasteiger partial charge in [-0.1, -0.05) is 27.7 Å². The molecule has 3 nitrogen and oxygen atoms in total. The van der Waals surface area contributed by atoms with Gasteiger partial charge in [0.05, 0.1) is 5.92 Å². The molecule has 0 saturated carbocycles. The number of dihydropyridines is 1. The summed E-state index contributed by atoms with van der Waals surface area (Å²) >= 11 is 0. The first-order valence-corrected chi connectivity index (χ1v) is 9.82. The van der Waals surface area contributed by atoms with E-state index in [0.717, 1.165) is 0 Å². The van der Waals surface area contributed by atoms with Crippen LogP contribution < -0.4 is 5.32 Å². The minimum absolute atomic E-state index is 0.219. The molecule has 0 unspecified atom stereocenters. The summed E-state index contributed by atoms with van der Waals surface area (Å²) in [6.45, 7) is 7.85. The van der Waals surface area contributed by atoms with Crippen LogP contribution in [0.1, 0.15) is 64.9 Å². The van der Waals surface area contributed by atoms with Gasteiger partial charge in [-0.25, -0.2) is 13.2 Å². The quantitative estimate of drug-likeness (QED) is 0.712. The van der Waals surface area contributed by atoms with E-state index in [1.165, 1.54) is 0 Å². The highest BCUT2D eigenvalue weighted by atomic mass is 19.1. The fourth-order valence-corrected chi connectivity index (χ4v) is 5.01. The third-order valence-corrected chi connectivity index (χ3v) is 6.05. The van der Waals surface area contributed by atoms with E-state index in [1.807, 2.05) is 27.7 Å². The van der Waals surface area contributed by atoms with Crippen molar-refractivity contribution in [3.05, 3.63) is 57.7 Å². The molecule has 4 rings (SSSR count). The molecule has 0 fully saturated rings. The van der Waals surface area contributed by atoms with Crippen molar-refractivity contribution in [2.24, 2.45) is 10.8 Å². The summed E-state index contributed by atoms with van der Waals surface area (Å²) in [7, 11) is 0. The fraction of sp³-hybridized carbons (Fsp3) is 0.478. The molecule has 6 heteroatoms. The first kappa shape index (κ1) is 19.9. The van der Waals surface area contributed by atoms with Crippen molar-refractivity contribution >= 4 is 11.6 Å². The second-order valence-electron chi connectivity index (χ2n) is 10.0. The third kappa shape index (κ3) is 3.32. The Morgan fingerprint density at radius 1 is 0.793 bits per heavy atom. The van der Waals surface area contributed by atoms with Crippen LogP contribution in [0.25, 0.3) is 0 Å². The van der Waals surface area contributed by atoms with Crippen LogP contribution in [0.15, 0.2) is 34.7 Å². The van der Waals surface area contributed by atoms with E-state index in [2.05, 4.69) is 5.32 Å². The van der Waals surface area contributed by atoms with Crippen molar-refractivity contribution in [2.75, 3.05) is 0 Å². The smallest absolute Gasteiger partial charge is 0.162 e. The van der Waals surface area contributed by atoms with Gasteiger partial charge in [0.15, 0.2) is 11.6 Å². The molecule has 1 heterocycles. The standard InChI is InChI=1S/C23H24F3NO2/c1-22(2)7-14-19(16(28)9-22)21(18-12(25)5-11(24)6-13(18)26)20-15(27-14)8-23(3,4)10-17(20)29/h5-6,21,27H,7-10H2,1-4H3. The Kier molecular flexibility index (Phi) is 4.34. The number of carbonyl (C=O) groups excluding carboxylic acids is 2. The maximum atomic E-state index is 14.8. The maximum absolute atomic E-state index is 14.8. The van der Waals surface area contributed by atoms with Crippen LogP contribution in [-0.4, -0.2) is 11.6 Å². The van der Waals surface area contributed by atoms with Gasteiger partial charge in [0, 0.05) is 53.1 Å². The van der Waals surface area contributed by atoms with E-state index in [1.54, 1.807) is 0 Å². The normalized spacial score (nSPS) is 23.7. The Morgan fingerprint density at radius 2 is 1.21 bits per heavy atom. The number of Topliss-reactive ketones (excluding diaryl/α,β-unsaturated/α-hetero) is 2. The molecular formula is C23H24F3NO2.